The number of aromatic nitrogens is 2. The van der Waals surface area contributed by atoms with Gasteiger partial charge in [0.15, 0.2) is 0 Å². The van der Waals surface area contributed by atoms with Crippen LogP contribution in [0.4, 0.5) is 5.82 Å². The van der Waals surface area contributed by atoms with Crippen LogP contribution >= 0.6 is 0 Å². The molecule has 0 saturated heterocycles. The summed E-state index contributed by atoms with van der Waals surface area (Å²) in [4.78, 5) is 20.0. The van der Waals surface area contributed by atoms with Gasteiger partial charge in [-0.2, -0.15) is 0 Å². The number of carbonyl (C=O) groups is 1. The summed E-state index contributed by atoms with van der Waals surface area (Å²) >= 11 is 0. The molecule has 0 spiro atoms. The molecule has 0 aliphatic heterocycles. The highest BCUT2D eigenvalue weighted by Gasteiger charge is 2.12. The van der Waals surface area contributed by atoms with E-state index in [2.05, 4.69) is 15.3 Å². The number of anilines is 1. The van der Waals surface area contributed by atoms with Crippen LogP contribution in [-0.4, -0.2) is 15.9 Å². The van der Waals surface area contributed by atoms with E-state index in [0.29, 0.717) is 11.4 Å². The lowest BCUT2D eigenvalue weighted by molar-refractivity contribution is 0.0939. The van der Waals surface area contributed by atoms with Gasteiger partial charge in [0, 0.05) is 18.0 Å². The van der Waals surface area contributed by atoms with Crippen molar-refractivity contribution in [1.29, 1.82) is 0 Å². The first-order valence-electron chi connectivity index (χ1n) is 5.60. The molecule has 1 amide bonds. The summed E-state index contributed by atoms with van der Waals surface area (Å²) in [6.07, 6.45) is 3.21. The summed E-state index contributed by atoms with van der Waals surface area (Å²) in [5, 5.41) is 2.85. The second-order valence-corrected chi connectivity index (χ2v) is 3.92. The minimum absolute atomic E-state index is 0.159. The molecule has 1 unspecified atom stereocenters. The number of nitrogens with two attached hydrogens (primary N) is 1. The zero-order chi connectivity index (χ0) is 13.0. The third-order valence-electron chi connectivity index (χ3n) is 2.52. The van der Waals surface area contributed by atoms with Crippen molar-refractivity contribution >= 4 is 11.7 Å². The van der Waals surface area contributed by atoms with Crippen LogP contribution in [0.3, 0.4) is 0 Å². The molecule has 18 heavy (non-hydrogen) atoms. The zero-order valence-electron chi connectivity index (χ0n) is 10.00. The Bertz CT molecular complexity index is 542. The molecule has 92 valence electrons. The van der Waals surface area contributed by atoms with Crippen LogP contribution in [0.2, 0.25) is 0 Å². The number of carbonyl (C=O) groups excluding carboxylic acids is 1. The van der Waals surface area contributed by atoms with Gasteiger partial charge in [0.25, 0.3) is 5.91 Å². The molecule has 0 radical (unpaired) electrons. The normalized spacial score (nSPS) is 11.8. The van der Waals surface area contributed by atoms with E-state index >= 15 is 0 Å². The SMILES string of the molecule is CC(NC(=O)c1ccnc(N)c1)c1ccccn1. The van der Waals surface area contributed by atoms with Crippen molar-refractivity contribution in [2.45, 2.75) is 13.0 Å². The Hall–Kier alpha value is -2.43. The fraction of sp³-hybridized carbons (Fsp3) is 0.154. The van der Waals surface area contributed by atoms with Crippen LogP contribution in [0.1, 0.15) is 29.0 Å². The van der Waals surface area contributed by atoms with Crippen molar-refractivity contribution in [2.24, 2.45) is 0 Å². The predicted molar refractivity (Wildman–Crippen MR) is 68.8 cm³/mol. The number of nitrogens with one attached hydrogen (secondary N) is 1. The second kappa shape index (κ2) is 5.27. The molecular formula is C13H14N4O. The van der Waals surface area contributed by atoms with E-state index in [1.54, 1.807) is 18.3 Å². The van der Waals surface area contributed by atoms with Crippen molar-refractivity contribution in [3.8, 4) is 0 Å². The summed E-state index contributed by atoms with van der Waals surface area (Å²) in [5.74, 6) is 0.135. The molecule has 2 rings (SSSR count). The summed E-state index contributed by atoms with van der Waals surface area (Å²) in [6, 6.07) is 8.59. The van der Waals surface area contributed by atoms with Crippen LogP contribution in [0.15, 0.2) is 42.7 Å². The molecule has 5 nitrogen and oxygen atoms in total. The standard InChI is InChI=1S/C13H14N4O/c1-9(11-4-2-3-6-15-11)17-13(18)10-5-7-16-12(14)8-10/h2-9H,1H3,(H2,14,16)(H,17,18). The number of amides is 1. The summed E-state index contributed by atoms with van der Waals surface area (Å²) in [5.41, 5.74) is 6.84. The maximum absolute atomic E-state index is 12.0. The monoisotopic (exact) mass is 242 g/mol. The van der Waals surface area contributed by atoms with E-state index < -0.39 is 0 Å². The van der Waals surface area contributed by atoms with Gasteiger partial charge in [-0.05, 0) is 31.2 Å². The fourth-order valence-electron chi connectivity index (χ4n) is 1.58. The number of nitrogen functional groups attached to an aromatic ring is 1. The first-order valence-corrected chi connectivity index (χ1v) is 5.60. The van der Waals surface area contributed by atoms with E-state index in [0.717, 1.165) is 5.69 Å². The number of hydrogen-bond donors (Lipinski definition) is 2. The maximum atomic E-state index is 12.0. The second-order valence-electron chi connectivity index (χ2n) is 3.92. The van der Waals surface area contributed by atoms with Crippen LogP contribution in [-0.2, 0) is 0 Å². The molecule has 5 heteroatoms. The maximum Gasteiger partial charge on any atom is 0.251 e. The van der Waals surface area contributed by atoms with E-state index in [4.69, 9.17) is 5.73 Å². The van der Waals surface area contributed by atoms with Crippen LogP contribution in [0.5, 0.6) is 0 Å². The van der Waals surface area contributed by atoms with E-state index in [-0.39, 0.29) is 11.9 Å². The minimum Gasteiger partial charge on any atom is -0.384 e. The van der Waals surface area contributed by atoms with Gasteiger partial charge in [-0.3, -0.25) is 9.78 Å². The van der Waals surface area contributed by atoms with E-state index in [9.17, 15) is 4.79 Å². The first-order chi connectivity index (χ1) is 8.66. The summed E-state index contributed by atoms with van der Waals surface area (Å²) in [6.45, 7) is 1.88. The van der Waals surface area contributed by atoms with Gasteiger partial charge < -0.3 is 11.1 Å². The van der Waals surface area contributed by atoms with Gasteiger partial charge in [0.1, 0.15) is 5.82 Å². The third-order valence-corrected chi connectivity index (χ3v) is 2.52. The smallest absolute Gasteiger partial charge is 0.251 e. The Morgan fingerprint density at radius 3 is 2.78 bits per heavy atom. The van der Waals surface area contributed by atoms with Gasteiger partial charge in [-0.15, -0.1) is 0 Å². The van der Waals surface area contributed by atoms with Crippen LogP contribution in [0, 0.1) is 0 Å². The molecule has 0 saturated carbocycles. The molecule has 0 bridgehead atoms. The van der Waals surface area contributed by atoms with E-state index in [1.807, 2.05) is 25.1 Å². The number of hydrogen-bond acceptors (Lipinski definition) is 4. The van der Waals surface area contributed by atoms with Crippen LogP contribution < -0.4 is 11.1 Å². The molecule has 0 aromatic carbocycles. The zero-order valence-corrected chi connectivity index (χ0v) is 10.00. The Balaban J connectivity index is 2.08. The lowest BCUT2D eigenvalue weighted by atomic mass is 10.2. The fourth-order valence-corrected chi connectivity index (χ4v) is 1.58. The van der Waals surface area contributed by atoms with Crippen molar-refractivity contribution in [2.75, 3.05) is 5.73 Å². The van der Waals surface area contributed by atoms with E-state index in [1.165, 1.54) is 6.20 Å². The van der Waals surface area contributed by atoms with Gasteiger partial charge in [-0.25, -0.2) is 4.98 Å². The molecule has 1 atom stereocenters. The highest BCUT2D eigenvalue weighted by molar-refractivity contribution is 5.94. The Morgan fingerprint density at radius 2 is 2.11 bits per heavy atom. The third kappa shape index (κ3) is 2.82. The first kappa shape index (κ1) is 12.0. The largest absolute Gasteiger partial charge is 0.384 e. The Morgan fingerprint density at radius 1 is 1.28 bits per heavy atom. The quantitative estimate of drug-likeness (QED) is 0.855. The van der Waals surface area contributed by atoms with Crippen molar-refractivity contribution in [3.63, 3.8) is 0 Å². The molecule has 2 aromatic rings. The number of nitrogens with zero attached hydrogens (tertiary/aromatic N) is 2. The lowest BCUT2D eigenvalue weighted by Gasteiger charge is -2.13. The van der Waals surface area contributed by atoms with Gasteiger partial charge in [0.05, 0.1) is 11.7 Å². The molecule has 0 aliphatic rings. The average Bonchev–Trinajstić information content (AvgIpc) is 2.39. The number of rotatable bonds is 3. The minimum atomic E-state index is -0.192. The Labute approximate surface area is 105 Å². The molecule has 2 heterocycles. The molecule has 2 aromatic heterocycles. The highest BCUT2D eigenvalue weighted by atomic mass is 16.1. The molecular weight excluding hydrogens is 228 g/mol. The average molecular weight is 242 g/mol. The van der Waals surface area contributed by atoms with Crippen molar-refractivity contribution in [3.05, 3.63) is 54.0 Å². The molecule has 0 aliphatic carbocycles. The van der Waals surface area contributed by atoms with Gasteiger partial charge in [0.2, 0.25) is 0 Å². The summed E-state index contributed by atoms with van der Waals surface area (Å²) < 4.78 is 0. The lowest BCUT2D eigenvalue weighted by Crippen LogP contribution is -2.27. The predicted octanol–water partition coefficient (Wildman–Crippen LogP) is 1.55. The molecule has 3 N–H and O–H groups in total. The number of pyridine rings is 2. The summed E-state index contributed by atoms with van der Waals surface area (Å²) in [7, 11) is 0. The van der Waals surface area contributed by atoms with Crippen LogP contribution in [0.25, 0.3) is 0 Å². The topological polar surface area (TPSA) is 80.9 Å². The molecule has 0 fully saturated rings. The van der Waals surface area contributed by atoms with Gasteiger partial charge in [-0.1, -0.05) is 6.07 Å². The van der Waals surface area contributed by atoms with Gasteiger partial charge >= 0.3 is 0 Å². The van der Waals surface area contributed by atoms with Crippen molar-refractivity contribution in [1.82, 2.24) is 15.3 Å². The van der Waals surface area contributed by atoms with Crippen molar-refractivity contribution < 1.29 is 4.79 Å². The Kier molecular flexibility index (Phi) is 3.52. The highest BCUT2D eigenvalue weighted by Crippen LogP contribution is 2.10.